The van der Waals surface area contributed by atoms with Gasteiger partial charge in [0.15, 0.2) is 5.78 Å². The van der Waals surface area contributed by atoms with Gasteiger partial charge in [0.25, 0.3) is 0 Å². The Bertz CT molecular complexity index is 291. The predicted octanol–water partition coefficient (Wildman–Crippen LogP) is 3.96. The van der Waals surface area contributed by atoms with E-state index in [9.17, 15) is 9.59 Å². The summed E-state index contributed by atoms with van der Waals surface area (Å²) >= 11 is 0. The Morgan fingerprint density at radius 1 is 0.750 bits per heavy atom. The largest absolute Gasteiger partial charge is 0.299 e. The Labute approximate surface area is 126 Å². The molecule has 0 rings (SSSR count). The molecule has 0 aromatic carbocycles. The first-order chi connectivity index (χ1) is 8.89. The van der Waals surface area contributed by atoms with Crippen LogP contribution in [-0.2, 0) is 9.59 Å². The fourth-order valence-corrected chi connectivity index (χ4v) is 1.42. The molecule has 0 fully saturated rings. The molecule has 20 heavy (non-hydrogen) atoms. The summed E-state index contributed by atoms with van der Waals surface area (Å²) in [5.74, 6) is 0.656. The molecule has 3 heteroatoms. The summed E-state index contributed by atoms with van der Waals surface area (Å²) in [6.07, 6.45) is 0.656. The van der Waals surface area contributed by atoms with Crippen LogP contribution >= 0.6 is 0 Å². The van der Waals surface area contributed by atoms with Gasteiger partial charge in [-0.15, -0.1) is 0 Å². The van der Waals surface area contributed by atoms with E-state index in [2.05, 4.69) is 18.7 Å². The molecule has 0 aromatic rings. The van der Waals surface area contributed by atoms with Crippen LogP contribution in [0, 0.1) is 10.8 Å². The molecule has 0 saturated carbocycles. The van der Waals surface area contributed by atoms with E-state index < -0.39 is 0 Å². The highest BCUT2D eigenvalue weighted by Crippen LogP contribution is 2.15. The van der Waals surface area contributed by atoms with Crippen molar-refractivity contribution in [3.63, 3.8) is 0 Å². The third kappa shape index (κ3) is 10.1. The van der Waals surface area contributed by atoms with Crippen molar-refractivity contribution >= 4 is 11.6 Å². The second-order valence-electron chi connectivity index (χ2n) is 7.16. The van der Waals surface area contributed by atoms with Gasteiger partial charge in [0.05, 0.1) is 6.54 Å². The molecule has 0 aliphatic carbocycles. The Balaban J connectivity index is 0. The van der Waals surface area contributed by atoms with E-state index in [1.807, 2.05) is 48.5 Å². The van der Waals surface area contributed by atoms with Gasteiger partial charge in [-0.1, -0.05) is 62.3 Å². The third-order valence-corrected chi connectivity index (χ3v) is 3.26. The standard InChI is InChI=1S/C10H21NO.C7H14O/c1-6-11(7-2)8-9(12)10(3,4)5;1-5-6(8)7(2,3)4/h6-8H2,1-5H3;5H2,1-4H3. The quantitative estimate of drug-likeness (QED) is 0.767. The van der Waals surface area contributed by atoms with E-state index in [1.54, 1.807) is 0 Å². The summed E-state index contributed by atoms with van der Waals surface area (Å²) in [7, 11) is 0. The van der Waals surface area contributed by atoms with E-state index in [0.717, 1.165) is 13.1 Å². The Morgan fingerprint density at radius 2 is 1.10 bits per heavy atom. The van der Waals surface area contributed by atoms with Crippen molar-refractivity contribution in [1.82, 2.24) is 4.90 Å². The molecule has 0 aromatic heterocycles. The van der Waals surface area contributed by atoms with Crippen LogP contribution in [0.1, 0.15) is 68.7 Å². The maximum atomic E-state index is 11.6. The monoisotopic (exact) mass is 285 g/mol. The first kappa shape index (κ1) is 21.6. The Kier molecular flexibility index (Phi) is 10.0. The van der Waals surface area contributed by atoms with Crippen molar-refractivity contribution < 1.29 is 9.59 Å². The van der Waals surface area contributed by atoms with Crippen molar-refractivity contribution in [1.29, 1.82) is 0 Å². The molecular formula is C17H35NO2. The van der Waals surface area contributed by atoms with Crippen LogP contribution in [-0.4, -0.2) is 36.1 Å². The van der Waals surface area contributed by atoms with Crippen molar-refractivity contribution in [2.45, 2.75) is 68.7 Å². The number of likely N-dealkylation sites (N-methyl/N-ethyl adjacent to an activating group) is 1. The van der Waals surface area contributed by atoms with Crippen LogP contribution in [0.5, 0.6) is 0 Å². The SMILES string of the molecule is CCC(=O)C(C)(C)C.CCN(CC)CC(=O)C(C)(C)C. The maximum absolute atomic E-state index is 11.6. The van der Waals surface area contributed by atoms with E-state index >= 15 is 0 Å². The summed E-state index contributed by atoms with van der Waals surface area (Å²) in [4.78, 5) is 24.5. The third-order valence-electron chi connectivity index (χ3n) is 3.26. The zero-order valence-electron chi connectivity index (χ0n) is 15.1. The lowest BCUT2D eigenvalue weighted by atomic mass is 9.90. The number of rotatable bonds is 5. The first-order valence-corrected chi connectivity index (χ1v) is 7.69. The molecule has 0 unspecified atom stereocenters. The molecule has 0 bridgehead atoms. The second kappa shape index (κ2) is 9.28. The van der Waals surface area contributed by atoms with Crippen LogP contribution in [0.25, 0.3) is 0 Å². The number of hydrogen-bond donors (Lipinski definition) is 0. The number of hydrogen-bond acceptors (Lipinski definition) is 3. The predicted molar refractivity (Wildman–Crippen MR) is 87.0 cm³/mol. The van der Waals surface area contributed by atoms with Gasteiger partial charge in [0.1, 0.15) is 5.78 Å². The van der Waals surface area contributed by atoms with Crippen molar-refractivity contribution in [3.8, 4) is 0 Å². The molecule has 0 N–H and O–H groups in total. The van der Waals surface area contributed by atoms with Gasteiger partial charge >= 0.3 is 0 Å². The lowest BCUT2D eigenvalue weighted by molar-refractivity contribution is -0.127. The van der Waals surface area contributed by atoms with Gasteiger partial charge in [0.2, 0.25) is 0 Å². The average Bonchev–Trinajstić information content (AvgIpc) is 2.32. The minimum absolute atomic E-state index is 0.130. The molecule has 0 radical (unpaired) electrons. The molecule has 3 nitrogen and oxygen atoms in total. The minimum Gasteiger partial charge on any atom is -0.299 e. The topological polar surface area (TPSA) is 37.4 Å². The normalized spacial score (nSPS) is 11.9. The number of ketones is 2. The van der Waals surface area contributed by atoms with E-state index in [-0.39, 0.29) is 10.8 Å². The van der Waals surface area contributed by atoms with Gasteiger partial charge in [-0.3, -0.25) is 14.5 Å². The second-order valence-corrected chi connectivity index (χ2v) is 7.16. The highest BCUT2D eigenvalue weighted by molar-refractivity contribution is 5.85. The fraction of sp³-hybridized carbons (Fsp3) is 0.882. The molecule has 0 heterocycles. The maximum Gasteiger partial charge on any atom is 0.152 e. The highest BCUT2D eigenvalue weighted by atomic mass is 16.1. The number of carbonyl (C=O) groups is 2. The highest BCUT2D eigenvalue weighted by Gasteiger charge is 2.22. The van der Waals surface area contributed by atoms with Gasteiger partial charge in [-0.05, 0) is 13.1 Å². The molecule has 0 spiro atoms. The van der Waals surface area contributed by atoms with Crippen LogP contribution < -0.4 is 0 Å². The van der Waals surface area contributed by atoms with E-state index in [0.29, 0.717) is 24.5 Å². The van der Waals surface area contributed by atoms with Crippen molar-refractivity contribution in [2.75, 3.05) is 19.6 Å². The van der Waals surface area contributed by atoms with Crippen molar-refractivity contribution in [2.24, 2.45) is 10.8 Å². The summed E-state index contributed by atoms with van der Waals surface area (Å²) in [6, 6.07) is 0. The number of nitrogens with zero attached hydrogens (tertiary/aromatic N) is 1. The van der Waals surface area contributed by atoms with E-state index in [4.69, 9.17) is 0 Å². The zero-order chi connectivity index (χ0) is 16.6. The minimum atomic E-state index is -0.192. The molecule has 0 aliphatic rings. The molecule has 0 amide bonds. The average molecular weight is 285 g/mol. The lowest BCUT2D eigenvalue weighted by Gasteiger charge is -2.23. The van der Waals surface area contributed by atoms with E-state index in [1.165, 1.54) is 0 Å². The van der Waals surface area contributed by atoms with Crippen LogP contribution in [0.4, 0.5) is 0 Å². The number of carbonyl (C=O) groups excluding carboxylic acids is 2. The summed E-state index contributed by atoms with van der Waals surface area (Å²) in [5, 5.41) is 0. The molecule has 0 aliphatic heterocycles. The van der Waals surface area contributed by atoms with Crippen LogP contribution in [0.3, 0.4) is 0 Å². The molecular weight excluding hydrogens is 250 g/mol. The summed E-state index contributed by atoms with van der Waals surface area (Å²) < 4.78 is 0. The molecule has 0 saturated heterocycles. The number of Topliss-reactive ketones (excluding diaryl/α,β-unsaturated/α-hetero) is 2. The van der Waals surface area contributed by atoms with Gasteiger partial charge in [-0.25, -0.2) is 0 Å². The van der Waals surface area contributed by atoms with Crippen LogP contribution in [0.15, 0.2) is 0 Å². The molecule has 120 valence electrons. The summed E-state index contributed by atoms with van der Waals surface area (Å²) in [6.45, 7) is 20.3. The lowest BCUT2D eigenvalue weighted by Crippen LogP contribution is -2.35. The van der Waals surface area contributed by atoms with Gasteiger partial charge in [0, 0.05) is 17.3 Å². The zero-order valence-corrected chi connectivity index (χ0v) is 15.1. The first-order valence-electron chi connectivity index (χ1n) is 7.69. The molecule has 0 atom stereocenters. The smallest absolute Gasteiger partial charge is 0.152 e. The Hall–Kier alpha value is -0.700. The Morgan fingerprint density at radius 3 is 1.25 bits per heavy atom. The van der Waals surface area contributed by atoms with Crippen LogP contribution in [0.2, 0.25) is 0 Å². The van der Waals surface area contributed by atoms with Gasteiger partial charge < -0.3 is 0 Å². The summed E-state index contributed by atoms with van der Waals surface area (Å²) in [5.41, 5.74) is -0.322. The van der Waals surface area contributed by atoms with Gasteiger partial charge in [-0.2, -0.15) is 0 Å². The fourth-order valence-electron chi connectivity index (χ4n) is 1.42. The van der Waals surface area contributed by atoms with Crippen molar-refractivity contribution in [3.05, 3.63) is 0 Å².